The molecule has 1 heterocycles. The zero-order chi connectivity index (χ0) is 17.6. The van der Waals surface area contributed by atoms with Crippen molar-refractivity contribution < 1.29 is 13.2 Å². The topological polar surface area (TPSA) is 78.5 Å². The molecule has 1 aliphatic rings. The van der Waals surface area contributed by atoms with Crippen molar-refractivity contribution in [2.24, 2.45) is 0 Å². The summed E-state index contributed by atoms with van der Waals surface area (Å²) < 4.78 is 24.7. The smallest absolute Gasteiger partial charge is 0.238 e. The fraction of sp³-hybridized carbons (Fsp3) is 0.588. The maximum atomic E-state index is 12.0. The van der Waals surface area contributed by atoms with Crippen LogP contribution in [0.15, 0.2) is 30.3 Å². The van der Waals surface area contributed by atoms with Crippen molar-refractivity contribution >= 4 is 15.9 Å². The van der Waals surface area contributed by atoms with Gasteiger partial charge >= 0.3 is 0 Å². The van der Waals surface area contributed by atoms with Gasteiger partial charge in [-0.05, 0) is 31.7 Å². The number of hydrogen-bond donors (Lipinski definition) is 2. The lowest BCUT2D eigenvalue weighted by Crippen LogP contribution is -2.51. The minimum atomic E-state index is -3.37. The third-order valence-electron chi connectivity index (χ3n) is 4.28. The van der Waals surface area contributed by atoms with Gasteiger partial charge in [-0.2, -0.15) is 0 Å². The molecule has 1 amide bonds. The Bertz CT molecular complexity index is 626. The van der Waals surface area contributed by atoms with E-state index in [1.807, 2.05) is 6.07 Å². The summed E-state index contributed by atoms with van der Waals surface area (Å²) >= 11 is 0. The predicted octanol–water partition coefficient (Wildman–Crippen LogP) is 0.747. The Labute approximate surface area is 144 Å². The van der Waals surface area contributed by atoms with E-state index in [-0.39, 0.29) is 11.9 Å². The van der Waals surface area contributed by atoms with Gasteiger partial charge in [-0.25, -0.2) is 13.1 Å². The molecule has 0 radical (unpaired) electrons. The number of benzene rings is 1. The summed E-state index contributed by atoms with van der Waals surface area (Å²) in [6, 6.07) is 9.81. The Morgan fingerprint density at radius 1 is 1.25 bits per heavy atom. The lowest BCUT2D eigenvalue weighted by Gasteiger charge is -2.32. The van der Waals surface area contributed by atoms with Gasteiger partial charge in [0, 0.05) is 25.7 Å². The van der Waals surface area contributed by atoms with Gasteiger partial charge in [0.2, 0.25) is 15.9 Å². The molecule has 134 valence electrons. The van der Waals surface area contributed by atoms with Crippen LogP contribution in [0.1, 0.15) is 25.3 Å². The Hall–Kier alpha value is -1.44. The SMILES string of the molecule is CC(NS(C)(=O)=O)C(=O)NC1CCN(CCc2ccccc2)CC1. The minimum Gasteiger partial charge on any atom is -0.352 e. The molecule has 0 bridgehead atoms. The molecule has 24 heavy (non-hydrogen) atoms. The molecule has 0 saturated carbocycles. The number of likely N-dealkylation sites (tertiary alicyclic amines) is 1. The second-order valence-electron chi connectivity index (χ2n) is 6.47. The maximum absolute atomic E-state index is 12.0. The van der Waals surface area contributed by atoms with E-state index in [4.69, 9.17) is 0 Å². The zero-order valence-corrected chi connectivity index (χ0v) is 15.2. The molecule has 2 rings (SSSR count). The quantitative estimate of drug-likeness (QED) is 0.758. The van der Waals surface area contributed by atoms with Crippen LogP contribution in [-0.4, -0.2) is 57.2 Å². The number of hydrogen-bond acceptors (Lipinski definition) is 4. The molecule has 1 atom stereocenters. The minimum absolute atomic E-state index is 0.120. The molecular formula is C17H27N3O3S. The van der Waals surface area contributed by atoms with Gasteiger partial charge in [0.15, 0.2) is 0 Å². The molecule has 1 aromatic carbocycles. The standard InChI is InChI=1S/C17H27N3O3S/c1-14(19-24(2,22)23)17(21)18-16-9-12-20(13-10-16)11-8-15-6-4-3-5-7-15/h3-7,14,16,19H,8-13H2,1-2H3,(H,18,21). The molecule has 1 aliphatic heterocycles. The summed E-state index contributed by atoms with van der Waals surface area (Å²) in [7, 11) is -3.37. The van der Waals surface area contributed by atoms with E-state index in [1.165, 1.54) is 5.56 Å². The summed E-state index contributed by atoms with van der Waals surface area (Å²) in [5.74, 6) is -0.261. The Morgan fingerprint density at radius 2 is 1.88 bits per heavy atom. The number of piperidine rings is 1. The third kappa shape index (κ3) is 6.59. The van der Waals surface area contributed by atoms with Crippen LogP contribution in [0.5, 0.6) is 0 Å². The van der Waals surface area contributed by atoms with Gasteiger partial charge in [-0.1, -0.05) is 30.3 Å². The van der Waals surface area contributed by atoms with E-state index in [2.05, 4.69) is 39.2 Å². The van der Waals surface area contributed by atoms with E-state index < -0.39 is 16.1 Å². The highest BCUT2D eigenvalue weighted by Crippen LogP contribution is 2.12. The Kier molecular flexibility index (Phi) is 6.77. The lowest BCUT2D eigenvalue weighted by atomic mass is 10.0. The fourth-order valence-electron chi connectivity index (χ4n) is 2.93. The van der Waals surface area contributed by atoms with Crippen molar-refractivity contribution in [3.8, 4) is 0 Å². The summed E-state index contributed by atoms with van der Waals surface area (Å²) in [6.07, 6.45) is 3.88. The van der Waals surface area contributed by atoms with Gasteiger partial charge in [0.1, 0.15) is 0 Å². The summed E-state index contributed by atoms with van der Waals surface area (Å²) in [6.45, 7) is 4.49. The van der Waals surface area contributed by atoms with Crippen LogP contribution < -0.4 is 10.0 Å². The van der Waals surface area contributed by atoms with Crippen LogP contribution in [0, 0.1) is 0 Å². The molecule has 1 fully saturated rings. The molecule has 0 spiro atoms. The van der Waals surface area contributed by atoms with E-state index in [0.717, 1.165) is 45.2 Å². The van der Waals surface area contributed by atoms with Crippen molar-refractivity contribution in [1.82, 2.24) is 14.9 Å². The molecule has 0 aromatic heterocycles. The van der Waals surface area contributed by atoms with E-state index in [9.17, 15) is 13.2 Å². The maximum Gasteiger partial charge on any atom is 0.238 e. The monoisotopic (exact) mass is 353 g/mol. The van der Waals surface area contributed by atoms with Gasteiger partial charge in [-0.3, -0.25) is 4.79 Å². The van der Waals surface area contributed by atoms with Crippen LogP contribution >= 0.6 is 0 Å². The van der Waals surface area contributed by atoms with Crippen LogP contribution in [0.2, 0.25) is 0 Å². The normalized spacial score (nSPS) is 18.2. The first kappa shape index (κ1) is 18.9. The number of carbonyl (C=O) groups is 1. The molecule has 1 aromatic rings. The third-order valence-corrected chi connectivity index (χ3v) is 5.06. The number of nitrogens with zero attached hydrogens (tertiary/aromatic N) is 1. The average Bonchev–Trinajstić information content (AvgIpc) is 2.53. The number of sulfonamides is 1. The van der Waals surface area contributed by atoms with Crippen molar-refractivity contribution in [3.05, 3.63) is 35.9 Å². The zero-order valence-electron chi connectivity index (χ0n) is 14.4. The highest BCUT2D eigenvalue weighted by molar-refractivity contribution is 7.88. The Balaban J connectivity index is 1.69. The molecule has 2 N–H and O–H groups in total. The van der Waals surface area contributed by atoms with Crippen LogP contribution in [0.3, 0.4) is 0 Å². The first-order valence-electron chi connectivity index (χ1n) is 8.37. The summed E-state index contributed by atoms with van der Waals surface area (Å²) in [4.78, 5) is 14.4. The molecule has 0 aliphatic carbocycles. The van der Waals surface area contributed by atoms with E-state index in [0.29, 0.717) is 0 Å². The van der Waals surface area contributed by atoms with Gasteiger partial charge in [0.25, 0.3) is 0 Å². The van der Waals surface area contributed by atoms with Crippen molar-refractivity contribution in [3.63, 3.8) is 0 Å². The van der Waals surface area contributed by atoms with Crippen molar-refractivity contribution in [2.45, 2.75) is 38.3 Å². The fourth-order valence-corrected chi connectivity index (χ4v) is 3.68. The van der Waals surface area contributed by atoms with Crippen LogP contribution in [0.25, 0.3) is 0 Å². The summed E-state index contributed by atoms with van der Waals surface area (Å²) in [5.41, 5.74) is 1.34. The Morgan fingerprint density at radius 3 is 2.46 bits per heavy atom. The van der Waals surface area contributed by atoms with Gasteiger partial charge < -0.3 is 10.2 Å². The second-order valence-corrected chi connectivity index (χ2v) is 8.25. The van der Waals surface area contributed by atoms with E-state index >= 15 is 0 Å². The van der Waals surface area contributed by atoms with Crippen molar-refractivity contribution in [1.29, 1.82) is 0 Å². The molecule has 1 unspecified atom stereocenters. The number of rotatable bonds is 7. The van der Waals surface area contributed by atoms with E-state index in [1.54, 1.807) is 6.92 Å². The van der Waals surface area contributed by atoms with Gasteiger partial charge in [-0.15, -0.1) is 0 Å². The van der Waals surface area contributed by atoms with Crippen LogP contribution in [-0.2, 0) is 21.2 Å². The van der Waals surface area contributed by atoms with Crippen molar-refractivity contribution in [2.75, 3.05) is 25.9 Å². The molecular weight excluding hydrogens is 326 g/mol. The second kappa shape index (κ2) is 8.60. The number of nitrogens with one attached hydrogen (secondary N) is 2. The first-order chi connectivity index (χ1) is 11.3. The summed E-state index contributed by atoms with van der Waals surface area (Å²) in [5, 5.41) is 2.94. The number of amides is 1. The molecule has 1 saturated heterocycles. The predicted molar refractivity (Wildman–Crippen MR) is 95.2 cm³/mol. The van der Waals surface area contributed by atoms with Crippen LogP contribution in [0.4, 0.5) is 0 Å². The molecule has 6 nitrogen and oxygen atoms in total. The number of carbonyl (C=O) groups excluding carboxylic acids is 1. The van der Waals surface area contributed by atoms with Gasteiger partial charge in [0.05, 0.1) is 12.3 Å². The lowest BCUT2D eigenvalue weighted by molar-refractivity contribution is -0.123. The highest BCUT2D eigenvalue weighted by Gasteiger charge is 2.23. The first-order valence-corrected chi connectivity index (χ1v) is 10.3. The largest absolute Gasteiger partial charge is 0.352 e. The molecule has 7 heteroatoms. The average molecular weight is 353 g/mol. The highest BCUT2D eigenvalue weighted by atomic mass is 32.2.